The first kappa shape index (κ1) is 19.0. The predicted octanol–water partition coefficient (Wildman–Crippen LogP) is 4.19. The topological polar surface area (TPSA) is 93.8 Å². The summed E-state index contributed by atoms with van der Waals surface area (Å²) >= 11 is 1.27. The van der Waals surface area contributed by atoms with Gasteiger partial charge in [0, 0.05) is 23.8 Å². The lowest BCUT2D eigenvalue weighted by Crippen LogP contribution is -2.22. The highest BCUT2D eigenvalue weighted by Gasteiger charge is 2.19. The fourth-order valence-electron chi connectivity index (χ4n) is 3.21. The molecule has 0 saturated carbocycles. The highest BCUT2D eigenvalue weighted by atomic mass is 32.1. The van der Waals surface area contributed by atoms with Crippen molar-refractivity contribution >= 4 is 33.1 Å². The molecule has 0 spiro atoms. The summed E-state index contributed by atoms with van der Waals surface area (Å²) in [5.74, 6) is -0.198. The summed E-state index contributed by atoms with van der Waals surface area (Å²) in [4.78, 5) is 18.1. The van der Waals surface area contributed by atoms with E-state index in [1.807, 2.05) is 63.4 Å². The third kappa shape index (κ3) is 3.69. The molecular weight excluding hydrogens is 382 g/mol. The van der Waals surface area contributed by atoms with Crippen molar-refractivity contribution in [3.05, 3.63) is 70.0 Å². The van der Waals surface area contributed by atoms with Crippen molar-refractivity contribution in [3.8, 4) is 11.1 Å². The monoisotopic (exact) mass is 403 g/mol. The number of carbonyl (C=O) groups is 1. The van der Waals surface area contributed by atoms with Gasteiger partial charge in [-0.2, -0.15) is 5.10 Å². The Balaban J connectivity index is 1.49. The Labute approximate surface area is 172 Å². The Bertz CT molecular complexity index is 1210. The molecule has 0 aliphatic rings. The third-order valence-electron chi connectivity index (χ3n) is 4.98. The predicted molar refractivity (Wildman–Crippen MR) is 117 cm³/mol. The van der Waals surface area contributed by atoms with Crippen LogP contribution >= 0.6 is 11.3 Å². The van der Waals surface area contributed by atoms with Gasteiger partial charge in [0.15, 0.2) is 0 Å². The van der Waals surface area contributed by atoms with Crippen LogP contribution in [0.4, 0.5) is 5.69 Å². The lowest BCUT2D eigenvalue weighted by Gasteiger charge is -2.07. The van der Waals surface area contributed by atoms with Crippen LogP contribution < -0.4 is 11.1 Å². The van der Waals surface area contributed by atoms with Gasteiger partial charge in [0.1, 0.15) is 9.71 Å². The fourth-order valence-corrected chi connectivity index (χ4v) is 4.23. The first-order chi connectivity index (χ1) is 13.9. The molecular formula is C22H21N5OS. The number of carbonyl (C=O) groups excluding carboxylic acids is 1. The first-order valence-electron chi connectivity index (χ1n) is 9.26. The quantitative estimate of drug-likeness (QED) is 0.533. The molecule has 0 radical (unpaired) electrons. The number of thiophene rings is 1. The van der Waals surface area contributed by atoms with Crippen molar-refractivity contribution in [1.82, 2.24) is 20.5 Å². The minimum Gasteiger partial charge on any atom is -0.397 e. The smallest absolute Gasteiger partial charge is 0.263 e. The van der Waals surface area contributed by atoms with E-state index in [1.54, 1.807) is 0 Å². The number of nitrogens with one attached hydrogen (secondary N) is 1. The van der Waals surface area contributed by atoms with Crippen molar-refractivity contribution in [2.75, 3.05) is 5.73 Å². The number of hydrogen-bond donors (Lipinski definition) is 2. The molecule has 0 aliphatic heterocycles. The van der Waals surface area contributed by atoms with Gasteiger partial charge in [0.2, 0.25) is 0 Å². The Morgan fingerprint density at radius 1 is 1.07 bits per heavy atom. The number of aromatic nitrogens is 3. The molecule has 4 rings (SSSR count). The van der Waals surface area contributed by atoms with Crippen molar-refractivity contribution in [1.29, 1.82) is 0 Å². The van der Waals surface area contributed by atoms with Crippen LogP contribution in [0.2, 0.25) is 0 Å². The summed E-state index contributed by atoms with van der Waals surface area (Å²) < 4.78 is 0. The number of aryl methyl sites for hydroxylation is 3. The van der Waals surface area contributed by atoms with Crippen LogP contribution in [0.25, 0.3) is 21.3 Å². The third-order valence-corrected chi connectivity index (χ3v) is 6.07. The summed E-state index contributed by atoms with van der Waals surface area (Å²) in [5, 5.41) is 12.1. The van der Waals surface area contributed by atoms with E-state index in [4.69, 9.17) is 5.73 Å². The largest absolute Gasteiger partial charge is 0.397 e. The lowest BCUT2D eigenvalue weighted by atomic mass is 10.0. The van der Waals surface area contributed by atoms with Crippen LogP contribution in [0.5, 0.6) is 0 Å². The number of fused-ring (bicyclic) bond motifs is 1. The zero-order valence-electron chi connectivity index (χ0n) is 16.5. The zero-order valence-corrected chi connectivity index (χ0v) is 17.3. The normalized spacial score (nSPS) is 11.0. The Morgan fingerprint density at radius 2 is 1.83 bits per heavy atom. The van der Waals surface area contributed by atoms with E-state index in [9.17, 15) is 4.79 Å². The SMILES string of the molecule is Cc1cc(-c2ccc(CNC(=O)c3sc4nnc(C)c(C)c4c3N)cc2)ccn1. The number of pyridine rings is 1. The van der Waals surface area contributed by atoms with Gasteiger partial charge in [-0.15, -0.1) is 16.4 Å². The molecule has 29 heavy (non-hydrogen) atoms. The number of amides is 1. The molecule has 1 amide bonds. The second-order valence-electron chi connectivity index (χ2n) is 7.00. The first-order valence-corrected chi connectivity index (χ1v) is 10.1. The standard InChI is InChI=1S/C22H21N5OS/c1-12-10-17(8-9-24-12)16-6-4-15(5-7-16)11-25-21(28)20-19(23)18-13(2)14(3)26-27-22(18)29-20/h4-10H,11,23H2,1-3H3,(H,25,28). The maximum atomic E-state index is 12.7. The molecule has 7 heteroatoms. The van der Waals surface area contributed by atoms with Crippen molar-refractivity contribution in [3.63, 3.8) is 0 Å². The maximum Gasteiger partial charge on any atom is 0.263 e. The second-order valence-corrected chi connectivity index (χ2v) is 8.00. The van der Waals surface area contributed by atoms with Crippen LogP contribution in [-0.4, -0.2) is 21.1 Å². The second kappa shape index (κ2) is 7.60. The summed E-state index contributed by atoms with van der Waals surface area (Å²) in [6.45, 7) is 6.23. The van der Waals surface area contributed by atoms with Gasteiger partial charge in [0.25, 0.3) is 5.91 Å². The molecule has 1 aromatic carbocycles. The van der Waals surface area contributed by atoms with Gasteiger partial charge >= 0.3 is 0 Å². The molecule has 0 atom stereocenters. The number of nitrogens with zero attached hydrogens (tertiary/aromatic N) is 3. The van der Waals surface area contributed by atoms with Gasteiger partial charge in [-0.05, 0) is 55.2 Å². The molecule has 6 nitrogen and oxygen atoms in total. The number of benzene rings is 1. The van der Waals surface area contributed by atoms with Gasteiger partial charge < -0.3 is 11.1 Å². The van der Waals surface area contributed by atoms with Crippen LogP contribution in [0.1, 0.15) is 32.2 Å². The van der Waals surface area contributed by atoms with E-state index in [2.05, 4.69) is 20.5 Å². The molecule has 4 aromatic rings. The Morgan fingerprint density at radius 3 is 2.55 bits per heavy atom. The average molecular weight is 404 g/mol. The molecule has 0 fully saturated rings. The van der Waals surface area contributed by atoms with E-state index in [-0.39, 0.29) is 5.91 Å². The van der Waals surface area contributed by atoms with Crippen LogP contribution in [-0.2, 0) is 6.54 Å². The van der Waals surface area contributed by atoms with Crippen LogP contribution in [0, 0.1) is 20.8 Å². The fraction of sp³-hybridized carbons (Fsp3) is 0.182. The number of nitrogen functional groups attached to an aromatic ring is 1. The summed E-state index contributed by atoms with van der Waals surface area (Å²) in [6.07, 6.45) is 1.81. The van der Waals surface area contributed by atoms with Crippen LogP contribution in [0.3, 0.4) is 0 Å². The van der Waals surface area contributed by atoms with Gasteiger partial charge in [-0.1, -0.05) is 24.3 Å². The average Bonchev–Trinajstić information content (AvgIpc) is 3.06. The van der Waals surface area contributed by atoms with E-state index in [0.717, 1.165) is 39.0 Å². The van der Waals surface area contributed by atoms with E-state index in [1.165, 1.54) is 11.3 Å². The van der Waals surface area contributed by atoms with Crippen molar-refractivity contribution < 1.29 is 4.79 Å². The van der Waals surface area contributed by atoms with E-state index in [0.29, 0.717) is 21.9 Å². The summed E-state index contributed by atoms with van der Waals surface area (Å²) in [6, 6.07) is 12.2. The number of nitrogens with two attached hydrogens (primary N) is 1. The highest BCUT2D eigenvalue weighted by Crippen LogP contribution is 2.34. The Kier molecular flexibility index (Phi) is 4.98. The molecule has 0 unspecified atom stereocenters. The molecule has 0 bridgehead atoms. The lowest BCUT2D eigenvalue weighted by molar-refractivity contribution is 0.0956. The van der Waals surface area contributed by atoms with E-state index >= 15 is 0 Å². The number of hydrogen-bond acceptors (Lipinski definition) is 6. The molecule has 0 saturated heterocycles. The number of rotatable bonds is 4. The zero-order chi connectivity index (χ0) is 20.5. The maximum absolute atomic E-state index is 12.7. The van der Waals surface area contributed by atoms with Crippen molar-refractivity contribution in [2.45, 2.75) is 27.3 Å². The Hall–Kier alpha value is -3.32. The van der Waals surface area contributed by atoms with Gasteiger partial charge in [-0.3, -0.25) is 9.78 Å². The molecule has 3 heterocycles. The molecule has 146 valence electrons. The molecule has 0 aliphatic carbocycles. The van der Waals surface area contributed by atoms with Crippen molar-refractivity contribution in [2.24, 2.45) is 0 Å². The minimum absolute atomic E-state index is 0.198. The minimum atomic E-state index is -0.198. The molecule has 3 aromatic heterocycles. The van der Waals surface area contributed by atoms with E-state index < -0.39 is 0 Å². The van der Waals surface area contributed by atoms with Gasteiger partial charge in [0.05, 0.1) is 11.4 Å². The van der Waals surface area contributed by atoms with Gasteiger partial charge in [-0.25, -0.2) is 0 Å². The number of anilines is 1. The molecule has 3 N–H and O–H groups in total. The summed E-state index contributed by atoms with van der Waals surface area (Å²) in [7, 11) is 0. The summed E-state index contributed by atoms with van der Waals surface area (Å²) in [5.41, 5.74) is 12.7. The highest BCUT2D eigenvalue weighted by molar-refractivity contribution is 7.21. The van der Waals surface area contributed by atoms with Crippen LogP contribution in [0.15, 0.2) is 42.6 Å².